The molecule has 0 aliphatic heterocycles. The lowest BCUT2D eigenvalue weighted by atomic mass is 9.98. The molecule has 0 saturated carbocycles. The van der Waals surface area contributed by atoms with E-state index in [0.29, 0.717) is 21.9 Å². The van der Waals surface area contributed by atoms with Crippen molar-refractivity contribution in [2.75, 3.05) is 0 Å². The lowest BCUT2D eigenvalue weighted by molar-refractivity contribution is 0.103. The van der Waals surface area contributed by atoms with E-state index in [1.54, 1.807) is 36.4 Å². The first-order valence-electron chi connectivity index (χ1n) is 8.70. The smallest absolute Gasteiger partial charge is 0.345 e. The number of nitrogens with zero attached hydrogens (tertiary/aromatic N) is 1. The van der Waals surface area contributed by atoms with E-state index in [1.165, 1.54) is 12.3 Å². The lowest BCUT2D eigenvalue weighted by Gasteiger charge is -2.08. The average molecular weight is 367 g/mol. The molecule has 0 atom stereocenters. The molecular formula is C23H13NO4. The predicted molar refractivity (Wildman–Crippen MR) is 107 cm³/mol. The van der Waals surface area contributed by atoms with Crippen LogP contribution in [0.15, 0.2) is 82.1 Å². The second-order valence-corrected chi connectivity index (χ2v) is 6.52. The normalized spacial score (nSPS) is 11.3. The van der Waals surface area contributed by atoms with Gasteiger partial charge in [-0.2, -0.15) is 0 Å². The predicted octanol–water partition coefficient (Wildman–Crippen LogP) is 4.43. The summed E-state index contributed by atoms with van der Waals surface area (Å²) in [6, 6.07) is 19.2. The average Bonchev–Trinajstić information content (AvgIpc) is 2.74. The third-order valence-electron chi connectivity index (χ3n) is 4.86. The number of phenolic OH excluding ortho intramolecular Hbond substituents is 1. The maximum absolute atomic E-state index is 13.0. The first-order chi connectivity index (χ1) is 13.6. The zero-order chi connectivity index (χ0) is 19.3. The highest BCUT2D eigenvalue weighted by atomic mass is 16.4. The van der Waals surface area contributed by atoms with Crippen molar-refractivity contribution in [3.8, 4) is 5.75 Å². The summed E-state index contributed by atoms with van der Waals surface area (Å²) < 4.78 is 5.34. The summed E-state index contributed by atoms with van der Waals surface area (Å²) >= 11 is 0. The number of rotatable bonds is 2. The highest BCUT2D eigenvalue weighted by Crippen LogP contribution is 2.30. The number of ketones is 1. The fourth-order valence-corrected chi connectivity index (χ4v) is 3.46. The number of para-hydroxylation sites is 1. The van der Waals surface area contributed by atoms with Gasteiger partial charge in [-0.15, -0.1) is 0 Å². The summed E-state index contributed by atoms with van der Waals surface area (Å²) in [4.78, 5) is 29.7. The molecule has 0 radical (unpaired) electrons. The second-order valence-electron chi connectivity index (χ2n) is 6.52. The number of fused-ring (bicyclic) bond motifs is 4. The van der Waals surface area contributed by atoms with E-state index >= 15 is 0 Å². The number of aromatic hydroxyl groups is 1. The quantitative estimate of drug-likeness (QED) is 0.284. The van der Waals surface area contributed by atoms with E-state index < -0.39 is 11.4 Å². The summed E-state index contributed by atoms with van der Waals surface area (Å²) in [5, 5.41) is 12.9. The number of benzene rings is 3. The topological polar surface area (TPSA) is 80.4 Å². The van der Waals surface area contributed by atoms with Gasteiger partial charge >= 0.3 is 5.63 Å². The van der Waals surface area contributed by atoms with Crippen LogP contribution in [-0.4, -0.2) is 15.9 Å². The van der Waals surface area contributed by atoms with Crippen molar-refractivity contribution in [1.29, 1.82) is 0 Å². The number of aromatic nitrogens is 1. The van der Waals surface area contributed by atoms with E-state index in [-0.39, 0.29) is 22.3 Å². The zero-order valence-corrected chi connectivity index (χ0v) is 14.5. The Morgan fingerprint density at radius 3 is 2.50 bits per heavy atom. The molecule has 2 heterocycles. The van der Waals surface area contributed by atoms with Gasteiger partial charge in [0.15, 0.2) is 5.78 Å². The standard InChI is InChI=1S/C23H13NO4/c25-21(17-10-9-13-5-1-2-6-15(13)22(17)26)14-11-18-20(24-12-14)16-7-3-4-8-19(16)28-23(18)27/h1-12,26H. The molecule has 0 amide bonds. The second kappa shape index (κ2) is 6.03. The molecule has 0 bridgehead atoms. The summed E-state index contributed by atoms with van der Waals surface area (Å²) in [6.07, 6.45) is 1.42. The molecule has 1 N–H and O–H groups in total. The van der Waals surface area contributed by atoms with Gasteiger partial charge in [0.2, 0.25) is 0 Å². The molecule has 5 rings (SSSR count). The molecule has 28 heavy (non-hydrogen) atoms. The third-order valence-corrected chi connectivity index (χ3v) is 4.86. The number of pyridine rings is 1. The number of hydrogen-bond acceptors (Lipinski definition) is 5. The van der Waals surface area contributed by atoms with Crippen molar-refractivity contribution in [3.63, 3.8) is 0 Å². The molecule has 2 aromatic heterocycles. The van der Waals surface area contributed by atoms with Gasteiger partial charge in [-0.05, 0) is 29.7 Å². The first-order valence-corrected chi connectivity index (χ1v) is 8.70. The van der Waals surface area contributed by atoms with E-state index in [4.69, 9.17) is 4.42 Å². The van der Waals surface area contributed by atoms with Crippen LogP contribution < -0.4 is 5.63 Å². The molecule has 0 saturated heterocycles. The fourth-order valence-electron chi connectivity index (χ4n) is 3.46. The van der Waals surface area contributed by atoms with Crippen LogP contribution in [0.2, 0.25) is 0 Å². The van der Waals surface area contributed by atoms with Crippen molar-refractivity contribution < 1.29 is 14.3 Å². The highest BCUT2D eigenvalue weighted by Gasteiger charge is 2.18. The molecule has 0 unspecified atom stereocenters. The summed E-state index contributed by atoms with van der Waals surface area (Å²) in [6.45, 7) is 0. The molecule has 5 heteroatoms. The van der Waals surface area contributed by atoms with Gasteiger partial charge < -0.3 is 9.52 Å². The minimum Gasteiger partial charge on any atom is -0.507 e. The Hall–Kier alpha value is -3.99. The number of carbonyl (C=O) groups is 1. The van der Waals surface area contributed by atoms with Gasteiger partial charge in [-0.25, -0.2) is 4.79 Å². The molecule has 5 aromatic rings. The van der Waals surface area contributed by atoms with Crippen LogP contribution in [0.25, 0.3) is 32.6 Å². The lowest BCUT2D eigenvalue weighted by Crippen LogP contribution is -2.07. The molecule has 3 aromatic carbocycles. The van der Waals surface area contributed by atoms with Crippen LogP contribution in [0, 0.1) is 0 Å². The molecule has 134 valence electrons. The van der Waals surface area contributed by atoms with Crippen molar-refractivity contribution in [1.82, 2.24) is 4.98 Å². The number of hydrogen-bond donors (Lipinski definition) is 1. The van der Waals surface area contributed by atoms with Crippen molar-refractivity contribution in [2.24, 2.45) is 0 Å². The minimum absolute atomic E-state index is 0.0891. The molecule has 0 aliphatic rings. The van der Waals surface area contributed by atoms with Crippen molar-refractivity contribution >= 4 is 38.4 Å². The molecule has 0 fully saturated rings. The maximum atomic E-state index is 13.0. The van der Waals surface area contributed by atoms with Gasteiger partial charge in [0.25, 0.3) is 0 Å². The van der Waals surface area contributed by atoms with E-state index in [2.05, 4.69) is 4.98 Å². The Balaban J connectivity index is 1.70. The van der Waals surface area contributed by atoms with Crippen molar-refractivity contribution in [3.05, 3.63) is 94.5 Å². The van der Waals surface area contributed by atoms with Crippen LogP contribution in [0.5, 0.6) is 5.75 Å². The largest absolute Gasteiger partial charge is 0.507 e. The van der Waals surface area contributed by atoms with Gasteiger partial charge in [-0.1, -0.05) is 42.5 Å². The maximum Gasteiger partial charge on any atom is 0.345 e. The van der Waals surface area contributed by atoms with Gasteiger partial charge in [0.05, 0.1) is 16.5 Å². The summed E-state index contributed by atoms with van der Waals surface area (Å²) in [5.41, 5.74) is 0.731. The van der Waals surface area contributed by atoms with Crippen LogP contribution >= 0.6 is 0 Å². The van der Waals surface area contributed by atoms with Gasteiger partial charge in [0, 0.05) is 22.5 Å². The Morgan fingerprint density at radius 2 is 1.64 bits per heavy atom. The van der Waals surface area contributed by atoms with Crippen LogP contribution in [-0.2, 0) is 0 Å². The van der Waals surface area contributed by atoms with Crippen LogP contribution in [0.4, 0.5) is 0 Å². The summed E-state index contributed by atoms with van der Waals surface area (Å²) in [5.74, 6) is -0.501. The molecule has 5 nitrogen and oxygen atoms in total. The number of carbonyl (C=O) groups excluding carboxylic acids is 1. The molecule has 0 aliphatic carbocycles. The number of phenols is 1. The first kappa shape index (κ1) is 16.2. The summed E-state index contributed by atoms with van der Waals surface area (Å²) in [7, 11) is 0. The van der Waals surface area contributed by atoms with E-state index in [0.717, 1.165) is 5.39 Å². The van der Waals surface area contributed by atoms with Gasteiger partial charge in [0.1, 0.15) is 11.3 Å². The third kappa shape index (κ3) is 2.37. The Morgan fingerprint density at radius 1 is 0.893 bits per heavy atom. The monoisotopic (exact) mass is 367 g/mol. The molecular weight excluding hydrogens is 354 g/mol. The van der Waals surface area contributed by atoms with Crippen molar-refractivity contribution in [2.45, 2.75) is 0 Å². The van der Waals surface area contributed by atoms with E-state index in [1.807, 2.05) is 24.3 Å². The van der Waals surface area contributed by atoms with Crippen LogP contribution in [0.1, 0.15) is 15.9 Å². The Labute approximate surface area is 158 Å². The fraction of sp³-hybridized carbons (Fsp3) is 0. The SMILES string of the molecule is O=C(c1cnc2c(c1)c(=O)oc1ccccc12)c1ccc2ccccc2c1O. The van der Waals surface area contributed by atoms with Crippen LogP contribution in [0.3, 0.4) is 0 Å². The zero-order valence-electron chi connectivity index (χ0n) is 14.5. The molecule has 0 spiro atoms. The highest BCUT2D eigenvalue weighted by molar-refractivity contribution is 6.15. The minimum atomic E-state index is -0.557. The Kier molecular flexibility index (Phi) is 3.49. The van der Waals surface area contributed by atoms with E-state index in [9.17, 15) is 14.7 Å². The Bertz CT molecular complexity index is 1470. The van der Waals surface area contributed by atoms with Gasteiger partial charge in [-0.3, -0.25) is 9.78 Å².